The van der Waals surface area contributed by atoms with Gasteiger partial charge in [0.1, 0.15) is 5.75 Å². The van der Waals surface area contributed by atoms with Gasteiger partial charge in [-0.2, -0.15) is 0 Å². The first-order valence-corrected chi connectivity index (χ1v) is 7.95. The molecule has 0 aromatic heterocycles. The van der Waals surface area contributed by atoms with Gasteiger partial charge in [-0.3, -0.25) is 9.59 Å². The van der Waals surface area contributed by atoms with Crippen molar-refractivity contribution in [3.05, 3.63) is 59.7 Å². The third-order valence-corrected chi connectivity index (χ3v) is 3.46. The standard InChI is InChI=1S/C19H20N2O5/c1-12-6-5-7-14(10-12)21-19(24)13(2)26-17(22)11-25-16-9-4-3-8-15(16)18(20)23/h3-10,13H,11H2,1-2H3,(H2,20,23)(H,21,24)/t13-/m1/s1. The number of hydrogen-bond donors (Lipinski definition) is 2. The molecule has 1 atom stereocenters. The summed E-state index contributed by atoms with van der Waals surface area (Å²) in [5, 5.41) is 2.67. The number of esters is 1. The average molecular weight is 356 g/mol. The first-order chi connectivity index (χ1) is 12.4. The summed E-state index contributed by atoms with van der Waals surface area (Å²) in [6.07, 6.45) is -1.00. The van der Waals surface area contributed by atoms with Crippen molar-refractivity contribution in [2.75, 3.05) is 11.9 Å². The first-order valence-electron chi connectivity index (χ1n) is 7.95. The molecule has 0 heterocycles. The fraction of sp³-hybridized carbons (Fsp3) is 0.211. The monoisotopic (exact) mass is 356 g/mol. The summed E-state index contributed by atoms with van der Waals surface area (Å²) in [5.41, 5.74) is 7.00. The Morgan fingerprint density at radius 2 is 1.85 bits per heavy atom. The van der Waals surface area contributed by atoms with Crippen LogP contribution in [0, 0.1) is 6.92 Å². The highest BCUT2D eigenvalue weighted by Crippen LogP contribution is 2.17. The van der Waals surface area contributed by atoms with E-state index in [9.17, 15) is 14.4 Å². The number of nitrogens with one attached hydrogen (secondary N) is 1. The molecular formula is C19H20N2O5. The zero-order chi connectivity index (χ0) is 19.1. The predicted molar refractivity (Wildman–Crippen MR) is 95.8 cm³/mol. The van der Waals surface area contributed by atoms with Gasteiger partial charge in [0.2, 0.25) is 0 Å². The molecule has 7 nitrogen and oxygen atoms in total. The van der Waals surface area contributed by atoms with Crippen LogP contribution in [-0.4, -0.2) is 30.5 Å². The number of primary amides is 1. The third kappa shape index (κ3) is 5.34. The summed E-state index contributed by atoms with van der Waals surface area (Å²) in [4.78, 5) is 35.3. The first kappa shape index (κ1) is 19.0. The maximum Gasteiger partial charge on any atom is 0.344 e. The van der Waals surface area contributed by atoms with Crippen LogP contribution in [0.4, 0.5) is 5.69 Å². The molecule has 2 rings (SSSR count). The zero-order valence-corrected chi connectivity index (χ0v) is 14.5. The second kappa shape index (κ2) is 8.66. The van der Waals surface area contributed by atoms with Crippen molar-refractivity contribution in [1.29, 1.82) is 0 Å². The van der Waals surface area contributed by atoms with Crippen LogP contribution in [0.5, 0.6) is 5.75 Å². The number of amides is 2. The molecule has 0 aliphatic rings. The van der Waals surface area contributed by atoms with E-state index in [2.05, 4.69) is 5.32 Å². The van der Waals surface area contributed by atoms with Gasteiger partial charge in [-0.25, -0.2) is 4.79 Å². The number of anilines is 1. The van der Waals surface area contributed by atoms with Crippen molar-refractivity contribution < 1.29 is 23.9 Å². The summed E-state index contributed by atoms with van der Waals surface area (Å²) in [6, 6.07) is 13.5. The van der Waals surface area contributed by atoms with Crippen LogP contribution in [0.15, 0.2) is 48.5 Å². The number of carbonyl (C=O) groups is 3. The molecule has 26 heavy (non-hydrogen) atoms. The molecule has 2 aromatic rings. The van der Waals surface area contributed by atoms with E-state index < -0.39 is 30.5 Å². The molecule has 3 N–H and O–H groups in total. The Morgan fingerprint density at radius 3 is 2.54 bits per heavy atom. The van der Waals surface area contributed by atoms with Crippen LogP contribution in [0.1, 0.15) is 22.8 Å². The minimum absolute atomic E-state index is 0.158. The molecule has 0 spiro atoms. The number of para-hydroxylation sites is 1. The predicted octanol–water partition coefficient (Wildman–Crippen LogP) is 2.04. The highest BCUT2D eigenvalue weighted by molar-refractivity contribution is 5.96. The fourth-order valence-corrected chi connectivity index (χ4v) is 2.18. The molecule has 0 aliphatic carbocycles. The van der Waals surface area contributed by atoms with Crippen molar-refractivity contribution in [2.24, 2.45) is 5.73 Å². The van der Waals surface area contributed by atoms with Crippen molar-refractivity contribution in [1.82, 2.24) is 0 Å². The molecule has 0 fully saturated rings. The van der Waals surface area contributed by atoms with Crippen molar-refractivity contribution >= 4 is 23.5 Å². The second-order valence-electron chi connectivity index (χ2n) is 5.64. The number of rotatable bonds is 7. The van der Waals surface area contributed by atoms with Gasteiger partial charge >= 0.3 is 5.97 Å². The van der Waals surface area contributed by atoms with E-state index in [0.717, 1.165) is 5.56 Å². The Balaban J connectivity index is 1.87. The van der Waals surface area contributed by atoms with Crippen molar-refractivity contribution in [3.8, 4) is 5.75 Å². The fourth-order valence-electron chi connectivity index (χ4n) is 2.18. The summed E-state index contributed by atoms with van der Waals surface area (Å²) < 4.78 is 10.3. The van der Waals surface area contributed by atoms with Gasteiger partial charge in [0.15, 0.2) is 12.7 Å². The topological polar surface area (TPSA) is 108 Å². The van der Waals surface area contributed by atoms with E-state index in [1.807, 2.05) is 19.1 Å². The van der Waals surface area contributed by atoms with Crippen LogP contribution in [0.3, 0.4) is 0 Å². The van der Waals surface area contributed by atoms with E-state index in [4.69, 9.17) is 15.2 Å². The Morgan fingerprint density at radius 1 is 1.12 bits per heavy atom. The normalized spacial score (nSPS) is 11.3. The summed E-state index contributed by atoms with van der Waals surface area (Å²) >= 11 is 0. The van der Waals surface area contributed by atoms with Crippen LogP contribution < -0.4 is 15.8 Å². The molecule has 2 amide bonds. The van der Waals surface area contributed by atoms with Gasteiger partial charge in [0.25, 0.3) is 11.8 Å². The van der Waals surface area contributed by atoms with Gasteiger partial charge in [0.05, 0.1) is 5.56 Å². The lowest BCUT2D eigenvalue weighted by Crippen LogP contribution is -2.31. The maximum absolute atomic E-state index is 12.1. The largest absolute Gasteiger partial charge is 0.481 e. The van der Waals surface area contributed by atoms with Gasteiger partial charge < -0.3 is 20.5 Å². The third-order valence-electron chi connectivity index (χ3n) is 3.46. The molecule has 7 heteroatoms. The van der Waals surface area contributed by atoms with Crippen LogP contribution in [0.25, 0.3) is 0 Å². The van der Waals surface area contributed by atoms with E-state index in [-0.39, 0.29) is 11.3 Å². The molecule has 0 saturated carbocycles. The Labute approximate surface area is 151 Å². The summed E-state index contributed by atoms with van der Waals surface area (Å²) in [6.45, 7) is 2.91. The SMILES string of the molecule is Cc1cccc(NC(=O)[C@@H](C)OC(=O)COc2ccccc2C(N)=O)c1. The average Bonchev–Trinajstić information content (AvgIpc) is 2.60. The lowest BCUT2D eigenvalue weighted by molar-refractivity contribution is -0.155. The highest BCUT2D eigenvalue weighted by atomic mass is 16.6. The zero-order valence-electron chi connectivity index (χ0n) is 14.5. The molecule has 0 aliphatic heterocycles. The summed E-state index contributed by atoms with van der Waals surface area (Å²) in [5.74, 6) is -1.69. The van der Waals surface area contributed by atoms with Crippen LogP contribution in [-0.2, 0) is 14.3 Å². The van der Waals surface area contributed by atoms with Gasteiger partial charge in [-0.1, -0.05) is 24.3 Å². The highest BCUT2D eigenvalue weighted by Gasteiger charge is 2.19. The lowest BCUT2D eigenvalue weighted by atomic mass is 10.2. The molecule has 0 bridgehead atoms. The number of nitrogens with two attached hydrogens (primary N) is 1. The molecule has 2 aromatic carbocycles. The maximum atomic E-state index is 12.1. The number of ether oxygens (including phenoxy) is 2. The Kier molecular flexibility index (Phi) is 6.32. The van der Waals surface area contributed by atoms with Gasteiger partial charge in [-0.05, 0) is 43.7 Å². The lowest BCUT2D eigenvalue weighted by Gasteiger charge is -2.14. The van der Waals surface area contributed by atoms with E-state index in [1.54, 1.807) is 24.3 Å². The van der Waals surface area contributed by atoms with Gasteiger partial charge in [-0.15, -0.1) is 0 Å². The van der Waals surface area contributed by atoms with Crippen LogP contribution >= 0.6 is 0 Å². The summed E-state index contributed by atoms with van der Waals surface area (Å²) in [7, 11) is 0. The quantitative estimate of drug-likeness (QED) is 0.738. The molecule has 0 saturated heterocycles. The Bertz CT molecular complexity index is 819. The minimum Gasteiger partial charge on any atom is -0.481 e. The van der Waals surface area contributed by atoms with E-state index in [1.165, 1.54) is 19.1 Å². The number of aryl methyl sites for hydroxylation is 1. The smallest absolute Gasteiger partial charge is 0.344 e. The van der Waals surface area contributed by atoms with Crippen LogP contribution in [0.2, 0.25) is 0 Å². The minimum atomic E-state index is -1.00. The van der Waals surface area contributed by atoms with Crippen molar-refractivity contribution in [3.63, 3.8) is 0 Å². The number of benzene rings is 2. The molecular weight excluding hydrogens is 336 g/mol. The van der Waals surface area contributed by atoms with Gasteiger partial charge in [0, 0.05) is 5.69 Å². The Hall–Kier alpha value is -3.35. The van der Waals surface area contributed by atoms with E-state index >= 15 is 0 Å². The molecule has 0 radical (unpaired) electrons. The second-order valence-corrected chi connectivity index (χ2v) is 5.64. The number of carbonyl (C=O) groups excluding carboxylic acids is 3. The van der Waals surface area contributed by atoms with Crippen molar-refractivity contribution in [2.45, 2.75) is 20.0 Å². The molecule has 136 valence electrons. The molecule has 0 unspecified atom stereocenters. The van der Waals surface area contributed by atoms with E-state index in [0.29, 0.717) is 5.69 Å². The number of hydrogen-bond acceptors (Lipinski definition) is 5.